The molecule has 0 aliphatic carbocycles. The Kier molecular flexibility index (Phi) is 4.87. The van der Waals surface area contributed by atoms with Crippen LogP contribution >= 0.6 is 0 Å². The van der Waals surface area contributed by atoms with E-state index in [1.165, 1.54) is 31.2 Å². The number of ether oxygens (including phenoxy) is 1. The first kappa shape index (κ1) is 14.4. The molecule has 1 aliphatic rings. The molecule has 1 aliphatic heterocycles. The Balaban J connectivity index is 2.19. The van der Waals surface area contributed by atoms with E-state index >= 15 is 0 Å². The van der Waals surface area contributed by atoms with Crippen molar-refractivity contribution in [2.45, 2.75) is 51.5 Å². The summed E-state index contributed by atoms with van der Waals surface area (Å²) in [5.74, 6) is 1.75. The van der Waals surface area contributed by atoms with Crippen molar-refractivity contribution >= 4 is 0 Å². The van der Waals surface area contributed by atoms with Crippen molar-refractivity contribution in [1.82, 2.24) is 5.32 Å². The van der Waals surface area contributed by atoms with Gasteiger partial charge < -0.3 is 10.1 Å². The first-order chi connectivity index (χ1) is 9.15. The molecule has 1 unspecified atom stereocenters. The lowest BCUT2D eigenvalue weighted by molar-refractivity contribution is 0.209. The summed E-state index contributed by atoms with van der Waals surface area (Å²) in [6, 6.07) is 8.44. The Labute approximate surface area is 117 Å². The summed E-state index contributed by atoms with van der Waals surface area (Å²) < 4.78 is 5.51. The molecule has 0 radical (unpaired) electrons. The third-order valence-electron chi connectivity index (χ3n) is 4.10. The number of rotatable bonds is 5. The molecule has 0 bridgehead atoms. The lowest BCUT2D eigenvalue weighted by Gasteiger charge is -2.40. The Bertz CT molecular complexity index is 394. The number of hydrogen-bond donors (Lipinski definition) is 1. The molecule has 1 saturated heterocycles. The van der Waals surface area contributed by atoms with Gasteiger partial charge in [-0.2, -0.15) is 0 Å². The first-order valence-corrected chi connectivity index (χ1v) is 7.52. The molecule has 0 amide bonds. The second-order valence-corrected chi connectivity index (χ2v) is 6.25. The van der Waals surface area contributed by atoms with Crippen LogP contribution in [0.5, 0.6) is 5.75 Å². The fraction of sp³-hybridized carbons (Fsp3) is 0.647. The minimum absolute atomic E-state index is 0.265. The lowest BCUT2D eigenvalue weighted by Crippen LogP contribution is -2.51. The van der Waals surface area contributed by atoms with E-state index < -0.39 is 0 Å². The van der Waals surface area contributed by atoms with E-state index in [4.69, 9.17) is 4.74 Å². The largest absolute Gasteiger partial charge is 0.496 e. The number of methoxy groups -OCH3 is 1. The van der Waals surface area contributed by atoms with Crippen LogP contribution in [0.4, 0.5) is 0 Å². The summed E-state index contributed by atoms with van der Waals surface area (Å²) in [6.45, 7) is 5.79. The van der Waals surface area contributed by atoms with Crippen molar-refractivity contribution in [3.8, 4) is 5.75 Å². The molecule has 2 rings (SSSR count). The molecule has 1 aromatic rings. The summed E-state index contributed by atoms with van der Waals surface area (Å²) >= 11 is 0. The molecule has 19 heavy (non-hydrogen) atoms. The molecule has 1 N–H and O–H groups in total. The third-order valence-corrected chi connectivity index (χ3v) is 4.10. The fourth-order valence-corrected chi connectivity index (χ4v) is 3.42. The smallest absolute Gasteiger partial charge is 0.122 e. The molecule has 2 nitrogen and oxygen atoms in total. The summed E-state index contributed by atoms with van der Waals surface area (Å²) in [5.41, 5.74) is 1.60. The standard InChI is InChI=1S/C17H27NO/c1-14(2)12-17(10-6-7-11-18-17)13-15-8-4-5-9-16(15)19-3/h4-5,8-9,14,18H,6-7,10-13H2,1-3H3. The van der Waals surface area contributed by atoms with Crippen LogP contribution in [-0.4, -0.2) is 19.2 Å². The van der Waals surface area contributed by atoms with E-state index in [1.807, 2.05) is 6.07 Å². The van der Waals surface area contributed by atoms with Crippen LogP contribution in [0, 0.1) is 5.92 Å². The van der Waals surface area contributed by atoms with Crippen molar-refractivity contribution in [1.29, 1.82) is 0 Å². The van der Waals surface area contributed by atoms with Gasteiger partial charge in [0.05, 0.1) is 7.11 Å². The predicted octanol–water partition coefficient (Wildman–Crippen LogP) is 3.80. The molecule has 0 aromatic heterocycles. The maximum absolute atomic E-state index is 5.51. The summed E-state index contributed by atoms with van der Waals surface area (Å²) in [6.07, 6.45) is 6.25. The summed E-state index contributed by atoms with van der Waals surface area (Å²) in [5, 5.41) is 3.81. The fourth-order valence-electron chi connectivity index (χ4n) is 3.42. The highest BCUT2D eigenvalue weighted by Gasteiger charge is 2.33. The zero-order valence-corrected chi connectivity index (χ0v) is 12.5. The van der Waals surface area contributed by atoms with Gasteiger partial charge in [-0.15, -0.1) is 0 Å². The Morgan fingerprint density at radius 3 is 2.68 bits per heavy atom. The quantitative estimate of drug-likeness (QED) is 0.870. The van der Waals surface area contributed by atoms with Crippen molar-refractivity contribution < 1.29 is 4.74 Å². The van der Waals surface area contributed by atoms with Crippen molar-refractivity contribution in [2.24, 2.45) is 5.92 Å². The normalized spacial score (nSPS) is 23.6. The molecular weight excluding hydrogens is 234 g/mol. The average molecular weight is 261 g/mol. The minimum atomic E-state index is 0.265. The highest BCUT2D eigenvalue weighted by Crippen LogP contribution is 2.32. The second-order valence-electron chi connectivity index (χ2n) is 6.25. The zero-order valence-electron chi connectivity index (χ0n) is 12.5. The van der Waals surface area contributed by atoms with Crippen LogP contribution in [0.3, 0.4) is 0 Å². The van der Waals surface area contributed by atoms with E-state index in [-0.39, 0.29) is 5.54 Å². The van der Waals surface area contributed by atoms with Crippen molar-refractivity contribution in [3.05, 3.63) is 29.8 Å². The van der Waals surface area contributed by atoms with Gasteiger partial charge in [0.1, 0.15) is 5.75 Å². The monoisotopic (exact) mass is 261 g/mol. The number of hydrogen-bond acceptors (Lipinski definition) is 2. The lowest BCUT2D eigenvalue weighted by atomic mass is 9.77. The molecule has 2 heteroatoms. The molecular formula is C17H27NO. The van der Waals surface area contributed by atoms with Gasteiger partial charge in [-0.05, 0) is 49.8 Å². The first-order valence-electron chi connectivity index (χ1n) is 7.52. The third kappa shape index (κ3) is 3.73. The van der Waals surface area contributed by atoms with Gasteiger partial charge in [0.15, 0.2) is 0 Å². The van der Waals surface area contributed by atoms with Gasteiger partial charge in [-0.1, -0.05) is 38.5 Å². The molecule has 0 saturated carbocycles. The maximum atomic E-state index is 5.51. The summed E-state index contributed by atoms with van der Waals surface area (Å²) in [7, 11) is 1.77. The van der Waals surface area contributed by atoms with Gasteiger partial charge in [-0.25, -0.2) is 0 Å². The van der Waals surface area contributed by atoms with E-state index in [0.717, 1.165) is 24.6 Å². The topological polar surface area (TPSA) is 21.3 Å². The summed E-state index contributed by atoms with van der Waals surface area (Å²) in [4.78, 5) is 0. The number of benzene rings is 1. The van der Waals surface area contributed by atoms with Gasteiger partial charge in [0.2, 0.25) is 0 Å². The SMILES string of the molecule is COc1ccccc1CC1(CC(C)C)CCCCN1. The van der Waals surface area contributed by atoms with Crippen LogP contribution in [-0.2, 0) is 6.42 Å². The van der Waals surface area contributed by atoms with Crippen LogP contribution in [0.1, 0.15) is 45.1 Å². The van der Waals surface area contributed by atoms with Crippen molar-refractivity contribution in [2.75, 3.05) is 13.7 Å². The van der Waals surface area contributed by atoms with Gasteiger partial charge in [0, 0.05) is 5.54 Å². The number of para-hydroxylation sites is 1. The van der Waals surface area contributed by atoms with Gasteiger partial charge >= 0.3 is 0 Å². The average Bonchev–Trinajstić information content (AvgIpc) is 2.39. The highest BCUT2D eigenvalue weighted by atomic mass is 16.5. The van der Waals surface area contributed by atoms with Crippen LogP contribution in [0.25, 0.3) is 0 Å². The van der Waals surface area contributed by atoms with E-state index in [0.29, 0.717) is 0 Å². The molecule has 1 fully saturated rings. The van der Waals surface area contributed by atoms with Crippen molar-refractivity contribution in [3.63, 3.8) is 0 Å². The van der Waals surface area contributed by atoms with Crippen LogP contribution in [0.15, 0.2) is 24.3 Å². The minimum Gasteiger partial charge on any atom is -0.496 e. The zero-order chi connectivity index (χ0) is 13.7. The molecule has 1 heterocycles. The Hall–Kier alpha value is -1.02. The van der Waals surface area contributed by atoms with E-state index in [9.17, 15) is 0 Å². The number of nitrogens with one attached hydrogen (secondary N) is 1. The molecule has 1 atom stereocenters. The Morgan fingerprint density at radius 2 is 2.05 bits per heavy atom. The highest BCUT2D eigenvalue weighted by molar-refractivity contribution is 5.34. The van der Waals surface area contributed by atoms with Gasteiger partial charge in [0.25, 0.3) is 0 Å². The maximum Gasteiger partial charge on any atom is 0.122 e. The Morgan fingerprint density at radius 1 is 1.26 bits per heavy atom. The molecule has 0 spiro atoms. The van der Waals surface area contributed by atoms with E-state index in [2.05, 4.69) is 37.4 Å². The van der Waals surface area contributed by atoms with Crippen LogP contribution < -0.4 is 10.1 Å². The molecule has 106 valence electrons. The van der Waals surface area contributed by atoms with E-state index in [1.54, 1.807) is 7.11 Å². The van der Waals surface area contributed by atoms with Crippen LogP contribution in [0.2, 0.25) is 0 Å². The predicted molar refractivity (Wildman–Crippen MR) is 80.7 cm³/mol. The van der Waals surface area contributed by atoms with Gasteiger partial charge in [-0.3, -0.25) is 0 Å². The second kappa shape index (κ2) is 6.42. The molecule has 1 aromatic carbocycles. The number of piperidine rings is 1.